The Hall–Kier alpha value is -2.10. The van der Waals surface area contributed by atoms with E-state index in [1.807, 2.05) is 44.3 Å². The van der Waals surface area contributed by atoms with Gasteiger partial charge in [-0.05, 0) is 30.9 Å². The number of hydrogen-bond acceptors (Lipinski definition) is 2. The summed E-state index contributed by atoms with van der Waals surface area (Å²) in [6.07, 6.45) is 2.43. The Morgan fingerprint density at radius 3 is 2.73 bits per heavy atom. The zero-order valence-electron chi connectivity index (χ0n) is 13.6. The van der Waals surface area contributed by atoms with Gasteiger partial charge < -0.3 is 9.47 Å². The van der Waals surface area contributed by atoms with Gasteiger partial charge in [-0.2, -0.15) is 0 Å². The van der Waals surface area contributed by atoms with Gasteiger partial charge in [-0.25, -0.2) is 0 Å². The molecule has 0 N–H and O–H groups in total. The lowest BCUT2D eigenvalue weighted by atomic mass is 10.1. The average Bonchev–Trinajstić information content (AvgIpc) is 2.52. The van der Waals surface area contributed by atoms with Gasteiger partial charge in [-0.1, -0.05) is 31.5 Å². The van der Waals surface area contributed by atoms with Gasteiger partial charge in [0.2, 0.25) is 5.91 Å². The molecule has 1 amide bonds. The Bertz CT molecular complexity index is 719. The van der Waals surface area contributed by atoms with Crippen molar-refractivity contribution in [3.05, 3.63) is 46.2 Å². The molecule has 0 fully saturated rings. The summed E-state index contributed by atoms with van der Waals surface area (Å²) < 4.78 is 1.72. The maximum atomic E-state index is 12.4. The molecule has 1 heterocycles. The standard InChI is InChI=1S/C18H24N2O2/c1-4-5-11-19(3)17(21)10-12-20-16-9-7-6-8-15(16)13-14(2)18(20)22/h6-9,13H,4-5,10-12H2,1-3H3. The lowest BCUT2D eigenvalue weighted by Crippen LogP contribution is -2.30. The lowest BCUT2D eigenvalue weighted by molar-refractivity contribution is -0.130. The van der Waals surface area contributed by atoms with Crippen LogP contribution in [0.15, 0.2) is 35.1 Å². The second-order valence-corrected chi connectivity index (χ2v) is 5.76. The number of pyridine rings is 1. The highest BCUT2D eigenvalue weighted by Gasteiger charge is 2.11. The van der Waals surface area contributed by atoms with Gasteiger partial charge in [0, 0.05) is 32.1 Å². The van der Waals surface area contributed by atoms with Gasteiger partial charge in [0.15, 0.2) is 0 Å². The second-order valence-electron chi connectivity index (χ2n) is 5.76. The molecule has 2 rings (SSSR count). The summed E-state index contributed by atoms with van der Waals surface area (Å²) >= 11 is 0. The minimum atomic E-state index is -0.0114. The van der Waals surface area contributed by atoms with E-state index in [0.29, 0.717) is 18.5 Å². The van der Waals surface area contributed by atoms with E-state index >= 15 is 0 Å². The van der Waals surface area contributed by atoms with Crippen LogP contribution in [0, 0.1) is 6.92 Å². The molecular formula is C18H24N2O2. The molecule has 0 aliphatic heterocycles. The van der Waals surface area contributed by atoms with Crippen LogP contribution < -0.4 is 5.56 Å². The molecule has 1 aromatic heterocycles. The fraction of sp³-hybridized carbons (Fsp3) is 0.444. The van der Waals surface area contributed by atoms with Crippen LogP contribution in [0.3, 0.4) is 0 Å². The molecule has 4 heteroatoms. The first-order valence-electron chi connectivity index (χ1n) is 7.87. The summed E-state index contributed by atoms with van der Waals surface area (Å²) in [5.41, 5.74) is 1.59. The SMILES string of the molecule is CCCCN(C)C(=O)CCn1c(=O)c(C)cc2ccccc21. The minimum Gasteiger partial charge on any atom is -0.346 e. The number of aromatic nitrogens is 1. The first-order chi connectivity index (χ1) is 10.5. The smallest absolute Gasteiger partial charge is 0.253 e. The van der Waals surface area contributed by atoms with Gasteiger partial charge >= 0.3 is 0 Å². The van der Waals surface area contributed by atoms with Crippen molar-refractivity contribution in [2.24, 2.45) is 0 Å². The number of amides is 1. The number of carbonyl (C=O) groups is 1. The van der Waals surface area contributed by atoms with Crippen molar-refractivity contribution in [1.82, 2.24) is 9.47 Å². The number of unbranched alkanes of at least 4 members (excludes halogenated alkanes) is 1. The van der Waals surface area contributed by atoms with E-state index in [0.717, 1.165) is 30.3 Å². The molecule has 0 saturated carbocycles. The average molecular weight is 300 g/mol. The van der Waals surface area contributed by atoms with Gasteiger partial charge in [-0.15, -0.1) is 0 Å². The van der Waals surface area contributed by atoms with Crippen LogP contribution in [0.1, 0.15) is 31.7 Å². The van der Waals surface area contributed by atoms with Crippen molar-refractivity contribution in [3.63, 3.8) is 0 Å². The molecule has 0 spiro atoms. The number of para-hydroxylation sites is 1. The number of rotatable bonds is 6. The van der Waals surface area contributed by atoms with E-state index < -0.39 is 0 Å². The lowest BCUT2D eigenvalue weighted by Gasteiger charge is -2.18. The Morgan fingerprint density at radius 2 is 2.00 bits per heavy atom. The van der Waals surface area contributed by atoms with Crippen LogP contribution in [-0.4, -0.2) is 29.0 Å². The predicted molar refractivity (Wildman–Crippen MR) is 90.1 cm³/mol. The van der Waals surface area contributed by atoms with Gasteiger partial charge in [0.1, 0.15) is 0 Å². The molecule has 0 aliphatic carbocycles. The first kappa shape index (κ1) is 16.3. The monoisotopic (exact) mass is 300 g/mol. The molecule has 0 saturated heterocycles. The van der Waals surface area contributed by atoms with Crippen molar-refractivity contribution in [3.8, 4) is 0 Å². The van der Waals surface area contributed by atoms with E-state index in [2.05, 4.69) is 6.92 Å². The van der Waals surface area contributed by atoms with Gasteiger partial charge in [0.05, 0.1) is 5.52 Å². The third-order valence-electron chi connectivity index (χ3n) is 4.00. The van der Waals surface area contributed by atoms with E-state index in [-0.39, 0.29) is 11.5 Å². The number of hydrogen-bond donors (Lipinski definition) is 0. The normalized spacial score (nSPS) is 10.9. The molecule has 0 bridgehead atoms. The topological polar surface area (TPSA) is 42.3 Å². The number of benzene rings is 1. The zero-order chi connectivity index (χ0) is 16.1. The summed E-state index contributed by atoms with van der Waals surface area (Å²) in [5.74, 6) is 0.0888. The summed E-state index contributed by atoms with van der Waals surface area (Å²) in [6, 6.07) is 9.71. The summed E-state index contributed by atoms with van der Waals surface area (Å²) in [6.45, 7) is 5.13. The molecule has 4 nitrogen and oxygen atoms in total. The molecule has 1 aromatic carbocycles. The third-order valence-corrected chi connectivity index (χ3v) is 4.00. The molecular weight excluding hydrogens is 276 g/mol. The number of nitrogens with zero attached hydrogens (tertiary/aromatic N) is 2. The highest BCUT2D eigenvalue weighted by molar-refractivity contribution is 5.80. The fourth-order valence-corrected chi connectivity index (χ4v) is 2.61. The molecule has 22 heavy (non-hydrogen) atoms. The van der Waals surface area contributed by atoms with Crippen molar-refractivity contribution in [2.75, 3.05) is 13.6 Å². The summed E-state index contributed by atoms with van der Waals surface area (Å²) in [5, 5.41) is 1.03. The van der Waals surface area contributed by atoms with Crippen molar-refractivity contribution < 1.29 is 4.79 Å². The Balaban J connectivity index is 2.19. The van der Waals surface area contributed by atoms with Crippen LogP contribution in [0.4, 0.5) is 0 Å². The number of carbonyl (C=O) groups excluding carboxylic acids is 1. The zero-order valence-corrected chi connectivity index (χ0v) is 13.6. The predicted octanol–water partition coefficient (Wildman–Crippen LogP) is 2.96. The van der Waals surface area contributed by atoms with Crippen molar-refractivity contribution >= 4 is 16.8 Å². The van der Waals surface area contributed by atoms with Gasteiger partial charge in [0.25, 0.3) is 5.56 Å². The highest BCUT2D eigenvalue weighted by Crippen LogP contribution is 2.13. The second kappa shape index (κ2) is 7.25. The molecule has 0 unspecified atom stereocenters. The van der Waals surface area contributed by atoms with E-state index in [9.17, 15) is 9.59 Å². The van der Waals surface area contributed by atoms with Gasteiger partial charge in [-0.3, -0.25) is 9.59 Å². The number of fused-ring (bicyclic) bond motifs is 1. The fourth-order valence-electron chi connectivity index (χ4n) is 2.61. The molecule has 0 radical (unpaired) electrons. The Kier molecular flexibility index (Phi) is 5.36. The molecule has 0 atom stereocenters. The maximum absolute atomic E-state index is 12.4. The largest absolute Gasteiger partial charge is 0.346 e. The molecule has 2 aromatic rings. The van der Waals surface area contributed by atoms with E-state index in [4.69, 9.17) is 0 Å². The van der Waals surface area contributed by atoms with Crippen LogP contribution >= 0.6 is 0 Å². The van der Waals surface area contributed by atoms with Crippen LogP contribution in [0.2, 0.25) is 0 Å². The quantitative estimate of drug-likeness (QED) is 0.823. The Labute approximate surface area is 131 Å². The summed E-state index contributed by atoms with van der Waals surface area (Å²) in [4.78, 5) is 26.3. The number of aryl methyl sites for hydroxylation is 2. The summed E-state index contributed by atoms with van der Waals surface area (Å²) in [7, 11) is 1.83. The van der Waals surface area contributed by atoms with Crippen molar-refractivity contribution in [1.29, 1.82) is 0 Å². The van der Waals surface area contributed by atoms with E-state index in [1.165, 1.54) is 0 Å². The van der Waals surface area contributed by atoms with Crippen LogP contribution in [0.25, 0.3) is 10.9 Å². The third kappa shape index (κ3) is 3.56. The van der Waals surface area contributed by atoms with E-state index in [1.54, 1.807) is 9.47 Å². The highest BCUT2D eigenvalue weighted by atomic mass is 16.2. The minimum absolute atomic E-state index is 0.0114. The molecule has 0 aliphatic rings. The first-order valence-corrected chi connectivity index (χ1v) is 7.87. The van der Waals surface area contributed by atoms with Crippen LogP contribution in [-0.2, 0) is 11.3 Å². The Morgan fingerprint density at radius 1 is 1.27 bits per heavy atom. The maximum Gasteiger partial charge on any atom is 0.253 e. The van der Waals surface area contributed by atoms with Crippen LogP contribution in [0.5, 0.6) is 0 Å². The van der Waals surface area contributed by atoms with Crippen molar-refractivity contribution in [2.45, 2.75) is 39.7 Å². The molecule has 118 valence electrons.